The molecular weight excluding hydrogens is 376 g/mol. The van der Waals surface area contributed by atoms with Crippen LogP contribution < -0.4 is 4.90 Å². The van der Waals surface area contributed by atoms with E-state index in [0.717, 1.165) is 16.8 Å². The van der Waals surface area contributed by atoms with Crippen molar-refractivity contribution in [2.75, 3.05) is 19.0 Å². The third-order valence-corrected chi connectivity index (χ3v) is 5.13. The number of hydrogen-bond acceptors (Lipinski definition) is 6. The van der Waals surface area contributed by atoms with Crippen LogP contribution in [-0.2, 0) is 4.79 Å². The summed E-state index contributed by atoms with van der Waals surface area (Å²) in [6, 6.07) is 16.9. The van der Waals surface area contributed by atoms with E-state index in [1.807, 2.05) is 43.3 Å². The Bertz CT molecular complexity index is 971. The number of thiocarbonyl (C=S) groups is 1. The summed E-state index contributed by atoms with van der Waals surface area (Å²) >= 11 is 6.50. The SMILES string of the molecule is CN(C)c1ccc(/C=N/N2C(=O)/C(=C\c3ccc(C#N)cc3)SC2=S)cc1. The number of rotatable bonds is 4. The first kappa shape index (κ1) is 18.8. The summed E-state index contributed by atoms with van der Waals surface area (Å²) in [6.07, 6.45) is 3.37. The Morgan fingerprint density at radius 3 is 2.33 bits per heavy atom. The molecule has 0 unspecified atom stereocenters. The van der Waals surface area contributed by atoms with E-state index in [-0.39, 0.29) is 5.91 Å². The maximum absolute atomic E-state index is 12.6. The fraction of sp³-hybridized carbons (Fsp3) is 0.100. The highest BCUT2D eigenvalue weighted by Gasteiger charge is 2.31. The summed E-state index contributed by atoms with van der Waals surface area (Å²) in [5, 5.41) is 14.3. The second-order valence-corrected chi connectivity index (χ2v) is 7.63. The van der Waals surface area contributed by atoms with Crippen LogP contribution in [0.5, 0.6) is 0 Å². The van der Waals surface area contributed by atoms with Gasteiger partial charge in [0.05, 0.1) is 22.8 Å². The van der Waals surface area contributed by atoms with Crippen molar-refractivity contribution in [2.45, 2.75) is 0 Å². The second-order valence-electron chi connectivity index (χ2n) is 5.96. The summed E-state index contributed by atoms with van der Waals surface area (Å²) in [7, 11) is 3.95. The fourth-order valence-corrected chi connectivity index (χ4v) is 3.52. The zero-order valence-corrected chi connectivity index (χ0v) is 16.4. The van der Waals surface area contributed by atoms with Crippen LogP contribution in [0.15, 0.2) is 58.5 Å². The molecule has 7 heteroatoms. The Hall–Kier alpha value is -2.95. The number of nitriles is 1. The van der Waals surface area contributed by atoms with Crippen molar-refractivity contribution >= 4 is 52.2 Å². The van der Waals surface area contributed by atoms with Crippen molar-refractivity contribution in [1.29, 1.82) is 5.26 Å². The highest BCUT2D eigenvalue weighted by molar-refractivity contribution is 8.26. The zero-order chi connectivity index (χ0) is 19.4. The van der Waals surface area contributed by atoms with E-state index in [1.165, 1.54) is 16.8 Å². The average molecular weight is 393 g/mol. The Balaban J connectivity index is 1.75. The standard InChI is InChI=1S/C20H16N4OS2/c1-23(2)17-9-7-16(8-10-17)13-22-24-19(25)18(27-20(24)26)11-14-3-5-15(12-21)6-4-14/h3-11,13H,1-2H3/b18-11+,22-13+. The lowest BCUT2D eigenvalue weighted by Gasteiger charge is -2.12. The van der Waals surface area contributed by atoms with Gasteiger partial charge >= 0.3 is 0 Å². The normalized spacial score (nSPS) is 15.6. The summed E-state index contributed by atoms with van der Waals surface area (Å²) in [6.45, 7) is 0. The average Bonchev–Trinajstić information content (AvgIpc) is 2.94. The van der Waals surface area contributed by atoms with Crippen molar-refractivity contribution in [3.8, 4) is 6.07 Å². The van der Waals surface area contributed by atoms with Crippen LogP contribution in [0.2, 0.25) is 0 Å². The number of anilines is 1. The molecule has 2 aromatic carbocycles. The highest BCUT2D eigenvalue weighted by Crippen LogP contribution is 2.32. The molecule has 0 atom stereocenters. The Morgan fingerprint density at radius 1 is 1.11 bits per heavy atom. The molecule has 0 saturated carbocycles. The molecule has 1 aliphatic rings. The fourth-order valence-electron chi connectivity index (χ4n) is 2.35. The number of amides is 1. The molecule has 27 heavy (non-hydrogen) atoms. The molecule has 0 aliphatic carbocycles. The first-order valence-electron chi connectivity index (χ1n) is 8.07. The van der Waals surface area contributed by atoms with Gasteiger partial charge in [0, 0.05) is 19.8 Å². The van der Waals surface area contributed by atoms with Gasteiger partial charge in [0.15, 0.2) is 4.32 Å². The molecule has 2 aromatic rings. The number of carbonyl (C=O) groups is 1. The van der Waals surface area contributed by atoms with E-state index in [4.69, 9.17) is 17.5 Å². The quantitative estimate of drug-likeness (QED) is 0.449. The number of hydrazone groups is 1. The van der Waals surface area contributed by atoms with E-state index >= 15 is 0 Å². The summed E-state index contributed by atoms with van der Waals surface area (Å²) in [5.41, 5.74) is 3.37. The van der Waals surface area contributed by atoms with Gasteiger partial charge in [-0.1, -0.05) is 36.0 Å². The molecule has 0 N–H and O–H groups in total. The van der Waals surface area contributed by atoms with Crippen molar-refractivity contribution in [3.05, 3.63) is 70.1 Å². The molecule has 0 bridgehead atoms. The smallest absolute Gasteiger partial charge is 0.286 e. The Morgan fingerprint density at radius 2 is 1.74 bits per heavy atom. The topological polar surface area (TPSA) is 59.7 Å². The second kappa shape index (κ2) is 8.16. The number of nitrogens with zero attached hydrogens (tertiary/aromatic N) is 4. The van der Waals surface area contributed by atoms with Gasteiger partial charge in [0.1, 0.15) is 0 Å². The molecule has 1 fully saturated rings. The largest absolute Gasteiger partial charge is 0.378 e. The monoisotopic (exact) mass is 392 g/mol. The Kier molecular flexibility index (Phi) is 5.69. The van der Waals surface area contributed by atoms with E-state index in [0.29, 0.717) is 14.8 Å². The lowest BCUT2D eigenvalue weighted by molar-refractivity contribution is -0.122. The molecule has 0 radical (unpaired) electrons. The minimum Gasteiger partial charge on any atom is -0.378 e. The van der Waals surface area contributed by atoms with Gasteiger partial charge in [-0.3, -0.25) is 4.79 Å². The summed E-state index contributed by atoms with van der Waals surface area (Å²) < 4.78 is 0.390. The molecule has 134 valence electrons. The van der Waals surface area contributed by atoms with E-state index in [9.17, 15) is 4.79 Å². The summed E-state index contributed by atoms with van der Waals surface area (Å²) in [4.78, 5) is 15.1. The van der Waals surface area contributed by atoms with Crippen molar-refractivity contribution in [3.63, 3.8) is 0 Å². The van der Waals surface area contributed by atoms with Crippen LogP contribution in [0.25, 0.3) is 6.08 Å². The maximum Gasteiger partial charge on any atom is 0.286 e. The predicted molar refractivity (Wildman–Crippen MR) is 115 cm³/mol. The molecule has 5 nitrogen and oxygen atoms in total. The highest BCUT2D eigenvalue weighted by atomic mass is 32.2. The molecule has 0 spiro atoms. The first-order chi connectivity index (χ1) is 13.0. The van der Waals surface area contributed by atoms with Crippen molar-refractivity contribution < 1.29 is 4.79 Å². The lowest BCUT2D eigenvalue weighted by Crippen LogP contribution is -2.22. The van der Waals surface area contributed by atoms with E-state index < -0.39 is 0 Å². The molecule has 0 aromatic heterocycles. The summed E-state index contributed by atoms with van der Waals surface area (Å²) in [5.74, 6) is -0.254. The van der Waals surface area contributed by atoms with E-state index in [2.05, 4.69) is 11.2 Å². The van der Waals surface area contributed by atoms with Crippen LogP contribution in [0.3, 0.4) is 0 Å². The van der Waals surface area contributed by atoms with Crippen molar-refractivity contribution in [2.24, 2.45) is 5.10 Å². The number of thioether (sulfide) groups is 1. The van der Waals surface area contributed by atoms with Gasteiger partial charge in [-0.15, -0.1) is 0 Å². The molecular formula is C20H16N4OS2. The van der Waals surface area contributed by atoms with Crippen molar-refractivity contribution in [1.82, 2.24) is 5.01 Å². The van der Waals surface area contributed by atoms with Crippen LogP contribution in [-0.4, -0.2) is 35.5 Å². The number of benzene rings is 2. The number of hydrogen-bond donors (Lipinski definition) is 0. The molecule has 1 heterocycles. The molecule has 1 amide bonds. The maximum atomic E-state index is 12.6. The molecule has 3 rings (SSSR count). The minimum absolute atomic E-state index is 0.254. The predicted octanol–water partition coefficient (Wildman–Crippen LogP) is 3.86. The first-order valence-corrected chi connectivity index (χ1v) is 9.30. The van der Waals surface area contributed by atoms with Crippen LogP contribution in [0, 0.1) is 11.3 Å². The van der Waals surface area contributed by atoms with Gasteiger partial charge < -0.3 is 4.90 Å². The van der Waals surface area contributed by atoms with Crippen LogP contribution in [0.1, 0.15) is 16.7 Å². The van der Waals surface area contributed by atoms with Gasteiger partial charge in [-0.05, 0) is 53.7 Å². The third kappa shape index (κ3) is 4.42. The van der Waals surface area contributed by atoms with E-state index in [1.54, 1.807) is 36.6 Å². The Labute approximate surface area is 167 Å². The third-order valence-electron chi connectivity index (χ3n) is 3.84. The van der Waals surface area contributed by atoms with Gasteiger partial charge in [0.2, 0.25) is 0 Å². The van der Waals surface area contributed by atoms with Crippen LogP contribution >= 0.6 is 24.0 Å². The van der Waals surface area contributed by atoms with Gasteiger partial charge in [0.25, 0.3) is 5.91 Å². The van der Waals surface area contributed by atoms with Crippen LogP contribution in [0.4, 0.5) is 5.69 Å². The minimum atomic E-state index is -0.254. The van der Waals surface area contributed by atoms with Gasteiger partial charge in [-0.25, -0.2) is 0 Å². The molecule has 1 aliphatic heterocycles. The molecule has 1 saturated heterocycles. The number of carbonyl (C=O) groups excluding carboxylic acids is 1. The lowest BCUT2D eigenvalue weighted by atomic mass is 10.1. The van der Waals surface area contributed by atoms with Gasteiger partial charge in [-0.2, -0.15) is 15.4 Å². The zero-order valence-electron chi connectivity index (χ0n) is 14.8.